The first-order valence-corrected chi connectivity index (χ1v) is 30.5. The minimum atomic E-state index is -0.539. The molecule has 0 aromatic rings. The van der Waals surface area contributed by atoms with Crippen molar-refractivity contribution in [1.29, 1.82) is 0 Å². The molecular formula is C63H118O5. The highest BCUT2D eigenvalue weighted by molar-refractivity contribution is 5.70. The predicted molar refractivity (Wildman–Crippen MR) is 298 cm³/mol. The van der Waals surface area contributed by atoms with Crippen LogP contribution in [0, 0.1) is 0 Å². The average molecular weight is 956 g/mol. The molecule has 0 saturated carbocycles. The number of rotatable bonds is 57. The van der Waals surface area contributed by atoms with E-state index in [9.17, 15) is 9.59 Å². The van der Waals surface area contributed by atoms with Crippen LogP contribution in [0.25, 0.3) is 0 Å². The number of unbranched alkanes of at least 4 members (excludes halogenated alkanes) is 40. The van der Waals surface area contributed by atoms with Gasteiger partial charge in [-0.25, -0.2) is 0 Å². The van der Waals surface area contributed by atoms with Crippen LogP contribution in [0.5, 0.6) is 0 Å². The molecule has 5 nitrogen and oxygen atoms in total. The van der Waals surface area contributed by atoms with E-state index >= 15 is 0 Å². The SMILES string of the molecule is CCCCCC/C=C\CCCCCCCC(=O)OC(COCCCCCCCCCCCC/C=C\CCCCCCCC)COC(=O)CCCCCCCCCCC/C=C\CCCCCCCC. The molecule has 0 spiro atoms. The number of ether oxygens (including phenoxy) is 3. The minimum Gasteiger partial charge on any atom is -0.462 e. The third kappa shape index (κ3) is 56.7. The lowest BCUT2D eigenvalue weighted by Crippen LogP contribution is -2.30. The van der Waals surface area contributed by atoms with Crippen molar-refractivity contribution in [1.82, 2.24) is 0 Å². The molecule has 0 aromatic heterocycles. The number of allylic oxidation sites excluding steroid dienone is 6. The zero-order chi connectivity index (χ0) is 49.2. The summed E-state index contributed by atoms with van der Waals surface area (Å²) in [7, 11) is 0. The highest BCUT2D eigenvalue weighted by Crippen LogP contribution is 2.16. The van der Waals surface area contributed by atoms with E-state index in [0.717, 1.165) is 51.4 Å². The quantitative estimate of drug-likeness (QED) is 0.0345. The Kier molecular flexibility index (Phi) is 57.8. The molecule has 0 fully saturated rings. The zero-order valence-corrected chi connectivity index (χ0v) is 46.1. The Morgan fingerprint density at radius 1 is 0.309 bits per heavy atom. The molecule has 1 unspecified atom stereocenters. The zero-order valence-electron chi connectivity index (χ0n) is 46.1. The Morgan fingerprint density at radius 2 is 0.574 bits per heavy atom. The summed E-state index contributed by atoms with van der Waals surface area (Å²) in [6.45, 7) is 7.85. The van der Waals surface area contributed by atoms with Gasteiger partial charge in [0.25, 0.3) is 0 Å². The van der Waals surface area contributed by atoms with Gasteiger partial charge in [0.1, 0.15) is 6.61 Å². The van der Waals surface area contributed by atoms with E-state index in [1.165, 1.54) is 244 Å². The molecule has 0 aliphatic carbocycles. The molecule has 0 aliphatic rings. The van der Waals surface area contributed by atoms with Crippen LogP contribution in [-0.4, -0.2) is 37.9 Å². The molecule has 0 saturated heterocycles. The molecule has 400 valence electrons. The Balaban J connectivity index is 4.20. The van der Waals surface area contributed by atoms with E-state index in [1.54, 1.807) is 0 Å². The van der Waals surface area contributed by atoms with Crippen molar-refractivity contribution in [2.45, 2.75) is 335 Å². The van der Waals surface area contributed by atoms with E-state index < -0.39 is 6.10 Å². The van der Waals surface area contributed by atoms with Crippen LogP contribution >= 0.6 is 0 Å². The Hall–Kier alpha value is -1.88. The van der Waals surface area contributed by atoms with Gasteiger partial charge in [-0.1, -0.05) is 256 Å². The standard InChI is InChI=1S/C63H118O5/c1-4-7-10-13-16-19-22-25-27-29-31-33-35-37-40-43-46-49-52-55-58-66-59-61(68-63(65)57-54-51-48-45-42-38-24-21-18-15-12-9-6-3)60-67-62(64)56-53-50-47-44-41-39-36-34-32-30-28-26-23-20-17-14-11-8-5-2/h21,24-28,61H,4-20,22-23,29-60H2,1-3H3/b24-21-,27-25-,28-26-. The van der Waals surface area contributed by atoms with Gasteiger partial charge in [0, 0.05) is 19.4 Å². The van der Waals surface area contributed by atoms with Gasteiger partial charge in [-0.05, 0) is 96.3 Å². The van der Waals surface area contributed by atoms with E-state index in [-0.39, 0.29) is 25.2 Å². The first-order valence-electron chi connectivity index (χ1n) is 30.5. The topological polar surface area (TPSA) is 61.8 Å². The molecule has 68 heavy (non-hydrogen) atoms. The molecule has 1 atom stereocenters. The average Bonchev–Trinajstić information content (AvgIpc) is 3.34. The third-order valence-corrected chi connectivity index (χ3v) is 13.6. The molecule has 0 heterocycles. The molecule has 0 aliphatic heterocycles. The van der Waals surface area contributed by atoms with Crippen molar-refractivity contribution < 1.29 is 23.8 Å². The fraction of sp³-hybridized carbons (Fsp3) is 0.873. The highest BCUT2D eigenvalue weighted by Gasteiger charge is 2.17. The molecule has 0 amide bonds. The van der Waals surface area contributed by atoms with Crippen molar-refractivity contribution in [3.05, 3.63) is 36.5 Å². The number of esters is 2. The Bertz CT molecular complexity index is 1080. The lowest BCUT2D eigenvalue weighted by atomic mass is 10.1. The van der Waals surface area contributed by atoms with Gasteiger partial charge in [-0.15, -0.1) is 0 Å². The third-order valence-electron chi connectivity index (χ3n) is 13.6. The predicted octanol–water partition coefficient (Wildman–Crippen LogP) is 20.9. The van der Waals surface area contributed by atoms with Gasteiger partial charge in [0.2, 0.25) is 0 Å². The fourth-order valence-electron chi connectivity index (χ4n) is 9.03. The van der Waals surface area contributed by atoms with Crippen molar-refractivity contribution >= 4 is 11.9 Å². The largest absolute Gasteiger partial charge is 0.462 e. The number of hydrogen-bond donors (Lipinski definition) is 0. The first kappa shape index (κ1) is 66.1. The molecule has 0 bridgehead atoms. The van der Waals surface area contributed by atoms with E-state index in [1.807, 2.05) is 0 Å². The summed E-state index contributed by atoms with van der Waals surface area (Å²) >= 11 is 0. The smallest absolute Gasteiger partial charge is 0.306 e. The van der Waals surface area contributed by atoms with E-state index in [0.29, 0.717) is 19.4 Å². The van der Waals surface area contributed by atoms with Crippen LogP contribution in [-0.2, 0) is 23.8 Å². The van der Waals surface area contributed by atoms with Crippen LogP contribution in [0.3, 0.4) is 0 Å². The van der Waals surface area contributed by atoms with Crippen LogP contribution in [0.4, 0.5) is 0 Å². The summed E-state index contributed by atoms with van der Waals surface area (Å²) in [5.74, 6) is -0.392. The Morgan fingerprint density at radius 3 is 0.912 bits per heavy atom. The second-order valence-electron chi connectivity index (χ2n) is 20.6. The van der Waals surface area contributed by atoms with E-state index in [2.05, 4.69) is 57.2 Å². The van der Waals surface area contributed by atoms with E-state index in [4.69, 9.17) is 14.2 Å². The highest BCUT2D eigenvalue weighted by atomic mass is 16.6. The molecule has 5 heteroatoms. The maximum absolute atomic E-state index is 12.9. The summed E-state index contributed by atoms with van der Waals surface area (Å²) in [6, 6.07) is 0. The normalized spacial score (nSPS) is 12.3. The summed E-state index contributed by atoms with van der Waals surface area (Å²) < 4.78 is 17.5. The van der Waals surface area contributed by atoms with Crippen LogP contribution in [0.2, 0.25) is 0 Å². The summed E-state index contributed by atoms with van der Waals surface area (Å²) in [4.78, 5) is 25.5. The van der Waals surface area contributed by atoms with Gasteiger partial charge in [-0.3, -0.25) is 9.59 Å². The Labute approximate surface area is 425 Å². The molecule has 0 N–H and O–H groups in total. The van der Waals surface area contributed by atoms with Crippen molar-refractivity contribution in [3.8, 4) is 0 Å². The second-order valence-corrected chi connectivity index (χ2v) is 20.6. The maximum atomic E-state index is 12.9. The molecular weight excluding hydrogens is 837 g/mol. The van der Waals surface area contributed by atoms with Crippen molar-refractivity contribution in [3.63, 3.8) is 0 Å². The lowest BCUT2D eigenvalue weighted by molar-refractivity contribution is -0.163. The molecule has 0 rings (SSSR count). The summed E-state index contributed by atoms with van der Waals surface area (Å²) in [6.07, 6.45) is 73.2. The van der Waals surface area contributed by atoms with Crippen LogP contribution in [0.15, 0.2) is 36.5 Å². The van der Waals surface area contributed by atoms with Gasteiger partial charge in [0.15, 0.2) is 6.10 Å². The first-order chi connectivity index (χ1) is 33.6. The minimum absolute atomic E-state index is 0.0849. The second kappa shape index (κ2) is 59.4. The molecule has 0 radical (unpaired) electrons. The number of carbonyl (C=O) groups excluding carboxylic acids is 2. The van der Waals surface area contributed by atoms with Gasteiger partial charge in [0.05, 0.1) is 6.61 Å². The van der Waals surface area contributed by atoms with Crippen LogP contribution in [0.1, 0.15) is 329 Å². The monoisotopic (exact) mass is 955 g/mol. The summed E-state index contributed by atoms with van der Waals surface area (Å²) in [5.41, 5.74) is 0. The summed E-state index contributed by atoms with van der Waals surface area (Å²) in [5, 5.41) is 0. The van der Waals surface area contributed by atoms with Crippen LogP contribution < -0.4 is 0 Å². The van der Waals surface area contributed by atoms with Gasteiger partial charge in [-0.2, -0.15) is 0 Å². The lowest BCUT2D eigenvalue weighted by Gasteiger charge is -2.18. The number of hydrogen-bond acceptors (Lipinski definition) is 5. The van der Waals surface area contributed by atoms with Gasteiger partial charge < -0.3 is 14.2 Å². The molecule has 0 aromatic carbocycles. The van der Waals surface area contributed by atoms with Crippen molar-refractivity contribution in [2.24, 2.45) is 0 Å². The van der Waals surface area contributed by atoms with Crippen molar-refractivity contribution in [2.75, 3.05) is 19.8 Å². The number of carbonyl (C=O) groups is 2. The fourth-order valence-corrected chi connectivity index (χ4v) is 9.03. The van der Waals surface area contributed by atoms with Gasteiger partial charge >= 0.3 is 11.9 Å². The maximum Gasteiger partial charge on any atom is 0.306 e.